The van der Waals surface area contributed by atoms with Crippen molar-refractivity contribution in [2.75, 3.05) is 50.1 Å². The van der Waals surface area contributed by atoms with Crippen LogP contribution in [-0.2, 0) is 0 Å². The van der Waals surface area contributed by atoms with E-state index in [9.17, 15) is 4.79 Å². The molecule has 2 amide bonds. The highest BCUT2D eigenvalue weighted by Gasteiger charge is 2.27. The summed E-state index contributed by atoms with van der Waals surface area (Å²) >= 11 is 0. The van der Waals surface area contributed by atoms with Gasteiger partial charge in [-0.05, 0) is 51.0 Å². The number of urea groups is 1. The number of aromatic nitrogens is 2. The third-order valence-electron chi connectivity index (χ3n) is 5.18. The Morgan fingerprint density at radius 3 is 2.11 bits per heavy atom. The van der Waals surface area contributed by atoms with Gasteiger partial charge >= 0.3 is 6.03 Å². The van der Waals surface area contributed by atoms with Crippen LogP contribution in [0, 0.1) is 27.7 Å². The molecule has 1 saturated heterocycles. The molecule has 0 atom stereocenters. The molecule has 150 valence electrons. The van der Waals surface area contributed by atoms with Crippen molar-refractivity contribution in [1.29, 1.82) is 0 Å². The Hall–Kier alpha value is -2.83. The fourth-order valence-corrected chi connectivity index (χ4v) is 3.52. The maximum absolute atomic E-state index is 13.0. The topological polar surface area (TPSA) is 61.8 Å². The number of anilines is 2. The summed E-state index contributed by atoms with van der Waals surface area (Å²) in [5.41, 5.74) is 5.32. The molecular formula is C21H29N5O2. The molecule has 0 bridgehead atoms. The molecule has 2 heterocycles. The van der Waals surface area contributed by atoms with Gasteiger partial charge in [-0.2, -0.15) is 0 Å². The summed E-state index contributed by atoms with van der Waals surface area (Å²) in [6, 6.07) is 6.49. The molecule has 0 unspecified atom stereocenters. The van der Waals surface area contributed by atoms with Gasteiger partial charge in [-0.15, -0.1) is 0 Å². The van der Waals surface area contributed by atoms with E-state index in [-0.39, 0.29) is 6.03 Å². The minimum absolute atomic E-state index is 0.0871. The van der Waals surface area contributed by atoms with E-state index in [1.807, 2.05) is 18.7 Å². The van der Waals surface area contributed by atoms with Gasteiger partial charge in [-0.1, -0.05) is 6.07 Å². The summed E-state index contributed by atoms with van der Waals surface area (Å²) in [6.07, 6.45) is 0. The third kappa shape index (κ3) is 4.03. The van der Waals surface area contributed by atoms with Gasteiger partial charge in [0.2, 0.25) is 0 Å². The van der Waals surface area contributed by atoms with Crippen molar-refractivity contribution in [2.24, 2.45) is 0 Å². The maximum Gasteiger partial charge on any atom is 0.325 e. The second-order valence-corrected chi connectivity index (χ2v) is 7.39. The number of hydrogen-bond donors (Lipinski definition) is 0. The van der Waals surface area contributed by atoms with Gasteiger partial charge in [0.25, 0.3) is 5.88 Å². The molecule has 1 aliphatic heterocycles. The SMILES string of the molecule is COc1nc(C)c(C)nc1N(C)C(=O)N1CCN(c2cc(C)cc(C)c2)CC1. The molecule has 0 aliphatic carbocycles. The Bertz CT molecular complexity index is 855. The van der Waals surface area contributed by atoms with Crippen LogP contribution >= 0.6 is 0 Å². The Balaban J connectivity index is 1.70. The number of methoxy groups -OCH3 is 1. The fraction of sp³-hybridized carbons (Fsp3) is 0.476. The quantitative estimate of drug-likeness (QED) is 0.815. The van der Waals surface area contributed by atoms with Crippen molar-refractivity contribution >= 4 is 17.5 Å². The Labute approximate surface area is 166 Å². The standard InChI is InChI=1S/C21H29N5O2/c1-14-11-15(2)13-18(12-14)25-7-9-26(10-8-25)21(27)24(5)19-20(28-6)23-17(4)16(3)22-19/h11-13H,7-10H2,1-6H3. The highest BCUT2D eigenvalue weighted by molar-refractivity contribution is 5.91. The lowest BCUT2D eigenvalue weighted by molar-refractivity contribution is 0.202. The molecule has 1 aromatic heterocycles. The summed E-state index contributed by atoms with van der Waals surface area (Å²) in [5, 5.41) is 0. The number of amides is 2. The van der Waals surface area contributed by atoms with E-state index in [2.05, 4.69) is 46.9 Å². The summed E-state index contributed by atoms with van der Waals surface area (Å²) in [5.74, 6) is 0.820. The van der Waals surface area contributed by atoms with E-state index in [0.29, 0.717) is 24.8 Å². The largest absolute Gasteiger partial charge is 0.478 e. The van der Waals surface area contributed by atoms with Crippen molar-refractivity contribution in [1.82, 2.24) is 14.9 Å². The van der Waals surface area contributed by atoms with Gasteiger partial charge in [-0.3, -0.25) is 4.90 Å². The molecule has 28 heavy (non-hydrogen) atoms. The van der Waals surface area contributed by atoms with Crippen LogP contribution in [0.5, 0.6) is 5.88 Å². The number of rotatable bonds is 3. The number of carbonyl (C=O) groups is 1. The molecule has 7 heteroatoms. The molecule has 0 spiro atoms. The van der Waals surface area contributed by atoms with Crippen LogP contribution in [0.1, 0.15) is 22.5 Å². The normalized spacial score (nSPS) is 14.2. The molecule has 1 fully saturated rings. The van der Waals surface area contributed by atoms with Crippen LogP contribution in [0.3, 0.4) is 0 Å². The molecule has 0 saturated carbocycles. The second-order valence-electron chi connectivity index (χ2n) is 7.39. The van der Waals surface area contributed by atoms with E-state index in [4.69, 9.17) is 4.74 Å². The van der Waals surface area contributed by atoms with E-state index < -0.39 is 0 Å². The molecule has 3 rings (SSSR count). The minimum atomic E-state index is -0.0871. The van der Waals surface area contributed by atoms with Gasteiger partial charge in [-0.25, -0.2) is 14.8 Å². The van der Waals surface area contributed by atoms with Crippen LogP contribution in [0.4, 0.5) is 16.3 Å². The maximum atomic E-state index is 13.0. The summed E-state index contributed by atoms with van der Waals surface area (Å²) in [4.78, 5) is 27.7. The van der Waals surface area contributed by atoms with E-state index in [1.54, 1.807) is 14.2 Å². The first-order chi connectivity index (χ1) is 13.3. The van der Waals surface area contributed by atoms with Crippen LogP contribution in [0.2, 0.25) is 0 Å². The highest BCUT2D eigenvalue weighted by atomic mass is 16.5. The van der Waals surface area contributed by atoms with Crippen molar-refractivity contribution in [3.05, 3.63) is 40.7 Å². The first kappa shape index (κ1) is 19.9. The van der Waals surface area contributed by atoms with Crippen molar-refractivity contribution < 1.29 is 9.53 Å². The molecule has 0 radical (unpaired) electrons. The zero-order valence-corrected chi connectivity index (χ0v) is 17.6. The summed E-state index contributed by atoms with van der Waals surface area (Å²) in [7, 11) is 3.27. The summed E-state index contributed by atoms with van der Waals surface area (Å²) in [6.45, 7) is 10.9. The molecule has 0 N–H and O–H groups in total. The van der Waals surface area contributed by atoms with Crippen molar-refractivity contribution in [3.63, 3.8) is 0 Å². The lowest BCUT2D eigenvalue weighted by atomic mass is 10.1. The zero-order chi connectivity index (χ0) is 20.4. The van der Waals surface area contributed by atoms with Gasteiger partial charge in [0.1, 0.15) is 0 Å². The molecule has 1 aliphatic rings. The van der Waals surface area contributed by atoms with Crippen LogP contribution in [0.15, 0.2) is 18.2 Å². The van der Waals surface area contributed by atoms with Gasteiger partial charge in [0.15, 0.2) is 5.82 Å². The van der Waals surface area contributed by atoms with Crippen LogP contribution in [-0.4, -0.2) is 61.2 Å². The molecule has 2 aromatic rings. The average Bonchev–Trinajstić information content (AvgIpc) is 2.68. The number of benzene rings is 1. The van der Waals surface area contributed by atoms with Crippen LogP contribution < -0.4 is 14.5 Å². The monoisotopic (exact) mass is 383 g/mol. The average molecular weight is 383 g/mol. The number of hydrogen-bond acceptors (Lipinski definition) is 5. The molecule has 1 aromatic carbocycles. The highest BCUT2D eigenvalue weighted by Crippen LogP contribution is 2.26. The predicted molar refractivity (Wildman–Crippen MR) is 112 cm³/mol. The van der Waals surface area contributed by atoms with E-state index in [0.717, 1.165) is 24.5 Å². The van der Waals surface area contributed by atoms with Gasteiger partial charge in [0, 0.05) is 38.9 Å². The van der Waals surface area contributed by atoms with Crippen molar-refractivity contribution in [3.8, 4) is 5.88 Å². The fourth-order valence-electron chi connectivity index (χ4n) is 3.52. The van der Waals surface area contributed by atoms with Gasteiger partial charge in [0.05, 0.1) is 18.5 Å². The first-order valence-corrected chi connectivity index (χ1v) is 9.55. The van der Waals surface area contributed by atoms with Gasteiger partial charge < -0.3 is 14.5 Å². The lowest BCUT2D eigenvalue weighted by Crippen LogP contribution is -2.52. The molecule has 7 nitrogen and oxygen atoms in total. The van der Waals surface area contributed by atoms with Crippen molar-refractivity contribution in [2.45, 2.75) is 27.7 Å². The zero-order valence-electron chi connectivity index (χ0n) is 17.6. The second kappa shape index (κ2) is 8.04. The molecular weight excluding hydrogens is 354 g/mol. The number of aryl methyl sites for hydroxylation is 4. The number of carbonyl (C=O) groups excluding carboxylic acids is 1. The lowest BCUT2D eigenvalue weighted by Gasteiger charge is -2.37. The number of piperazine rings is 1. The number of ether oxygens (including phenoxy) is 1. The predicted octanol–water partition coefficient (Wildman–Crippen LogP) is 3.10. The minimum Gasteiger partial charge on any atom is -0.478 e. The Morgan fingerprint density at radius 1 is 0.964 bits per heavy atom. The number of nitrogens with zero attached hydrogens (tertiary/aromatic N) is 5. The smallest absolute Gasteiger partial charge is 0.325 e. The third-order valence-corrected chi connectivity index (χ3v) is 5.18. The van der Waals surface area contributed by atoms with E-state index in [1.165, 1.54) is 21.7 Å². The Morgan fingerprint density at radius 2 is 1.54 bits per heavy atom. The Kier molecular flexibility index (Phi) is 5.72. The van der Waals surface area contributed by atoms with Crippen LogP contribution in [0.25, 0.3) is 0 Å². The summed E-state index contributed by atoms with van der Waals surface area (Å²) < 4.78 is 5.34. The first-order valence-electron chi connectivity index (χ1n) is 9.55. The van der Waals surface area contributed by atoms with E-state index >= 15 is 0 Å².